The van der Waals surface area contributed by atoms with Crippen molar-refractivity contribution in [1.82, 2.24) is 9.55 Å². The van der Waals surface area contributed by atoms with Crippen molar-refractivity contribution in [3.05, 3.63) is 48.5 Å². The van der Waals surface area contributed by atoms with Crippen molar-refractivity contribution in [2.75, 3.05) is 16.8 Å². The molecule has 1 aliphatic heterocycles. The highest BCUT2D eigenvalue weighted by Gasteiger charge is 2.24. The molecule has 21 heavy (non-hydrogen) atoms. The van der Waals surface area contributed by atoms with Crippen LogP contribution in [-0.4, -0.2) is 35.5 Å². The summed E-state index contributed by atoms with van der Waals surface area (Å²) in [5, 5.41) is 3.35. The zero-order chi connectivity index (χ0) is 14.7. The van der Waals surface area contributed by atoms with Gasteiger partial charge in [0.05, 0.1) is 17.8 Å². The molecule has 1 N–H and O–H groups in total. The minimum absolute atomic E-state index is 0.0206. The summed E-state index contributed by atoms with van der Waals surface area (Å²) >= 11 is 0. The van der Waals surface area contributed by atoms with E-state index in [4.69, 9.17) is 0 Å². The Kier molecular flexibility index (Phi) is 3.96. The molecule has 3 rings (SSSR count). The standard InChI is InChI=1S/C15H19N3O2S/c19-21(20)8-2-5-15(11-21)17-14-4-1-3-13(9-14)10-18-7-6-16-12-18/h1,3-4,6-7,9,12,15,17H,2,5,8,10-11H2. The Bertz CT molecular complexity index is 695. The maximum Gasteiger partial charge on any atom is 0.152 e. The van der Waals surface area contributed by atoms with Crippen LogP contribution in [0.3, 0.4) is 0 Å². The molecule has 1 aromatic heterocycles. The summed E-state index contributed by atoms with van der Waals surface area (Å²) in [7, 11) is -2.88. The fraction of sp³-hybridized carbons (Fsp3) is 0.400. The molecular weight excluding hydrogens is 286 g/mol. The lowest BCUT2D eigenvalue weighted by Crippen LogP contribution is -2.34. The maximum atomic E-state index is 11.7. The van der Waals surface area contributed by atoms with Crippen LogP contribution in [0.4, 0.5) is 5.69 Å². The van der Waals surface area contributed by atoms with Gasteiger partial charge >= 0.3 is 0 Å². The van der Waals surface area contributed by atoms with Crippen LogP contribution in [0.25, 0.3) is 0 Å². The number of sulfone groups is 1. The SMILES string of the molecule is O=S1(=O)CCCC(Nc2cccc(Cn3ccnc3)c2)C1. The molecular formula is C15H19N3O2S. The average Bonchev–Trinajstić information content (AvgIpc) is 2.91. The maximum absolute atomic E-state index is 11.7. The van der Waals surface area contributed by atoms with E-state index in [2.05, 4.69) is 22.4 Å². The van der Waals surface area contributed by atoms with E-state index in [1.807, 2.05) is 22.9 Å². The average molecular weight is 305 g/mol. The number of imidazole rings is 1. The number of anilines is 1. The predicted octanol–water partition coefficient (Wildman–Crippen LogP) is 1.92. The van der Waals surface area contributed by atoms with Gasteiger partial charge in [-0.15, -0.1) is 0 Å². The Hall–Kier alpha value is -1.82. The number of hydrogen-bond acceptors (Lipinski definition) is 4. The number of aromatic nitrogens is 2. The summed E-state index contributed by atoms with van der Waals surface area (Å²) in [6, 6.07) is 8.13. The summed E-state index contributed by atoms with van der Waals surface area (Å²) in [6.45, 7) is 0.762. The van der Waals surface area contributed by atoms with Crippen LogP contribution < -0.4 is 5.32 Å². The van der Waals surface area contributed by atoms with Crippen molar-refractivity contribution >= 4 is 15.5 Å². The van der Waals surface area contributed by atoms with E-state index >= 15 is 0 Å². The van der Waals surface area contributed by atoms with Crippen LogP contribution in [0.5, 0.6) is 0 Å². The summed E-state index contributed by atoms with van der Waals surface area (Å²) in [5.41, 5.74) is 2.14. The van der Waals surface area contributed by atoms with E-state index in [-0.39, 0.29) is 11.8 Å². The van der Waals surface area contributed by atoms with E-state index < -0.39 is 9.84 Å². The van der Waals surface area contributed by atoms with Crippen LogP contribution in [0, 0.1) is 0 Å². The van der Waals surface area contributed by atoms with Gasteiger partial charge in [-0.05, 0) is 30.5 Å². The molecule has 1 fully saturated rings. The van der Waals surface area contributed by atoms with Gasteiger partial charge in [0.15, 0.2) is 9.84 Å². The van der Waals surface area contributed by atoms with Crippen molar-refractivity contribution in [3.63, 3.8) is 0 Å². The summed E-state index contributed by atoms with van der Waals surface area (Å²) in [4.78, 5) is 4.03. The summed E-state index contributed by atoms with van der Waals surface area (Å²) in [5.74, 6) is 0.560. The third-order valence-electron chi connectivity index (χ3n) is 3.69. The van der Waals surface area contributed by atoms with Crippen LogP contribution in [0.1, 0.15) is 18.4 Å². The first-order valence-electron chi connectivity index (χ1n) is 7.12. The van der Waals surface area contributed by atoms with Crippen molar-refractivity contribution in [1.29, 1.82) is 0 Å². The summed E-state index contributed by atoms with van der Waals surface area (Å²) in [6.07, 6.45) is 7.12. The van der Waals surface area contributed by atoms with E-state index in [0.717, 1.165) is 30.6 Å². The van der Waals surface area contributed by atoms with Gasteiger partial charge in [-0.25, -0.2) is 13.4 Å². The third kappa shape index (κ3) is 3.85. The van der Waals surface area contributed by atoms with Gasteiger partial charge < -0.3 is 9.88 Å². The largest absolute Gasteiger partial charge is 0.381 e. The number of nitrogens with zero attached hydrogens (tertiary/aromatic N) is 2. The second kappa shape index (κ2) is 5.89. The minimum atomic E-state index is -2.88. The van der Waals surface area contributed by atoms with E-state index in [1.165, 1.54) is 0 Å². The fourth-order valence-corrected chi connectivity index (χ4v) is 4.36. The molecule has 0 radical (unpaired) electrons. The second-order valence-electron chi connectivity index (χ2n) is 5.53. The zero-order valence-electron chi connectivity index (χ0n) is 11.8. The van der Waals surface area contributed by atoms with Gasteiger partial charge in [0.1, 0.15) is 0 Å². The van der Waals surface area contributed by atoms with Crippen molar-refractivity contribution in [2.24, 2.45) is 0 Å². The molecule has 0 amide bonds. The highest BCUT2D eigenvalue weighted by molar-refractivity contribution is 7.91. The van der Waals surface area contributed by atoms with Gasteiger partial charge in [0.25, 0.3) is 0 Å². The van der Waals surface area contributed by atoms with Crippen LogP contribution >= 0.6 is 0 Å². The first kappa shape index (κ1) is 14.1. The van der Waals surface area contributed by atoms with Crippen LogP contribution in [-0.2, 0) is 16.4 Å². The predicted molar refractivity (Wildman–Crippen MR) is 83.1 cm³/mol. The van der Waals surface area contributed by atoms with Gasteiger partial charge in [-0.2, -0.15) is 0 Å². The Morgan fingerprint density at radius 1 is 1.38 bits per heavy atom. The Morgan fingerprint density at radius 3 is 3.05 bits per heavy atom. The fourth-order valence-electron chi connectivity index (χ4n) is 2.72. The number of rotatable bonds is 4. The third-order valence-corrected chi connectivity index (χ3v) is 5.51. The van der Waals surface area contributed by atoms with Gasteiger partial charge in [-0.3, -0.25) is 0 Å². The molecule has 2 heterocycles. The number of nitrogens with one attached hydrogen (secondary N) is 1. The lowest BCUT2D eigenvalue weighted by molar-refractivity contribution is 0.562. The zero-order valence-corrected chi connectivity index (χ0v) is 12.6. The Labute approximate surface area is 124 Å². The first-order valence-corrected chi connectivity index (χ1v) is 8.94. The molecule has 112 valence electrons. The second-order valence-corrected chi connectivity index (χ2v) is 7.76. The van der Waals surface area contributed by atoms with Crippen molar-refractivity contribution in [3.8, 4) is 0 Å². The first-order chi connectivity index (χ1) is 10.1. The Balaban J connectivity index is 1.68. The van der Waals surface area contributed by atoms with Crippen molar-refractivity contribution < 1.29 is 8.42 Å². The molecule has 1 atom stereocenters. The highest BCUT2D eigenvalue weighted by atomic mass is 32.2. The Morgan fingerprint density at radius 2 is 2.29 bits per heavy atom. The number of hydrogen-bond donors (Lipinski definition) is 1. The lowest BCUT2D eigenvalue weighted by atomic mass is 10.1. The molecule has 1 aliphatic rings. The van der Waals surface area contributed by atoms with Gasteiger partial charge in [-0.1, -0.05) is 12.1 Å². The summed E-state index contributed by atoms with van der Waals surface area (Å²) < 4.78 is 25.4. The smallest absolute Gasteiger partial charge is 0.152 e. The topological polar surface area (TPSA) is 64.0 Å². The molecule has 5 nitrogen and oxygen atoms in total. The molecule has 0 spiro atoms. The molecule has 1 unspecified atom stereocenters. The van der Waals surface area contributed by atoms with Gasteiger partial charge in [0.2, 0.25) is 0 Å². The van der Waals surface area contributed by atoms with Crippen LogP contribution in [0.15, 0.2) is 43.0 Å². The number of benzene rings is 1. The monoisotopic (exact) mass is 305 g/mol. The highest BCUT2D eigenvalue weighted by Crippen LogP contribution is 2.19. The quantitative estimate of drug-likeness (QED) is 0.937. The molecule has 6 heteroatoms. The van der Waals surface area contributed by atoms with Crippen LogP contribution in [0.2, 0.25) is 0 Å². The molecule has 0 bridgehead atoms. The minimum Gasteiger partial charge on any atom is -0.381 e. The molecule has 1 aromatic carbocycles. The molecule has 0 aliphatic carbocycles. The van der Waals surface area contributed by atoms with Gasteiger partial charge in [0, 0.05) is 30.7 Å². The van der Waals surface area contributed by atoms with Crippen molar-refractivity contribution in [2.45, 2.75) is 25.4 Å². The molecule has 1 saturated heterocycles. The lowest BCUT2D eigenvalue weighted by Gasteiger charge is -2.24. The van der Waals surface area contributed by atoms with E-state index in [9.17, 15) is 8.42 Å². The normalized spacial score (nSPS) is 21.0. The van der Waals surface area contributed by atoms with E-state index in [0.29, 0.717) is 5.75 Å². The molecule has 2 aromatic rings. The van der Waals surface area contributed by atoms with E-state index in [1.54, 1.807) is 12.5 Å². The molecule has 0 saturated carbocycles.